The number of carboxylic acid groups (broad SMARTS) is 1. The molecule has 0 amide bonds. The molecule has 0 saturated heterocycles. The van der Waals surface area contributed by atoms with E-state index in [1.807, 2.05) is 19.0 Å². The number of hydrogen-bond acceptors (Lipinski definition) is 5. The Labute approximate surface area is 112 Å². The molecule has 0 aliphatic heterocycles. The third kappa shape index (κ3) is 3.33. The molecule has 104 valence electrons. The van der Waals surface area contributed by atoms with Gasteiger partial charge in [-0.25, -0.2) is 4.98 Å². The van der Waals surface area contributed by atoms with Gasteiger partial charge in [-0.1, -0.05) is 12.8 Å². The van der Waals surface area contributed by atoms with E-state index in [-0.39, 0.29) is 12.0 Å². The van der Waals surface area contributed by atoms with Crippen molar-refractivity contribution in [3.8, 4) is 0 Å². The first-order valence-corrected chi connectivity index (χ1v) is 6.51. The van der Waals surface area contributed by atoms with Gasteiger partial charge in [0.25, 0.3) is 0 Å². The summed E-state index contributed by atoms with van der Waals surface area (Å²) in [5.74, 6) is 0.548. The summed E-state index contributed by atoms with van der Waals surface area (Å²) < 4.78 is 0. The molecule has 2 rings (SSSR count). The molecule has 1 aliphatic rings. The van der Waals surface area contributed by atoms with Crippen LogP contribution in [0, 0.1) is 0 Å². The third-order valence-electron chi connectivity index (χ3n) is 3.49. The molecule has 1 heterocycles. The van der Waals surface area contributed by atoms with E-state index >= 15 is 0 Å². The molecule has 6 heteroatoms. The summed E-state index contributed by atoms with van der Waals surface area (Å²) in [4.78, 5) is 21.4. The van der Waals surface area contributed by atoms with Crippen LogP contribution in [0.3, 0.4) is 0 Å². The van der Waals surface area contributed by atoms with Crippen molar-refractivity contribution in [3.05, 3.63) is 12.3 Å². The summed E-state index contributed by atoms with van der Waals surface area (Å²) in [6.07, 6.45) is 5.70. The standard InChI is InChI=1S/C13H20N4O2/c1-17(2)12-14-8-5-10(15-12)16-13(9-11(18)19)6-3-4-7-13/h5,8H,3-4,6-7,9H2,1-2H3,(H,18,19)(H,14,15,16). The van der Waals surface area contributed by atoms with Crippen molar-refractivity contribution >= 4 is 17.7 Å². The fourth-order valence-corrected chi connectivity index (χ4v) is 2.59. The zero-order valence-corrected chi connectivity index (χ0v) is 11.4. The van der Waals surface area contributed by atoms with E-state index in [9.17, 15) is 4.79 Å². The zero-order chi connectivity index (χ0) is 13.9. The van der Waals surface area contributed by atoms with Crippen molar-refractivity contribution in [2.75, 3.05) is 24.3 Å². The highest BCUT2D eigenvalue weighted by Crippen LogP contribution is 2.35. The van der Waals surface area contributed by atoms with Crippen LogP contribution in [0.25, 0.3) is 0 Å². The Morgan fingerprint density at radius 2 is 2.16 bits per heavy atom. The van der Waals surface area contributed by atoms with E-state index in [1.165, 1.54) is 0 Å². The first-order valence-electron chi connectivity index (χ1n) is 6.51. The van der Waals surface area contributed by atoms with Crippen LogP contribution in [-0.2, 0) is 4.79 Å². The lowest BCUT2D eigenvalue weighted by molar-refractivity contribution is -0.138. The SMILES string of the molecule is CN(C)c1nccc(NC2(CC(=O)O)CCCC2)n1. The molecule has 1 aromatic rings. The molecule has 0 unspecified atom stereocenters. The van der Waals surface area contributed by atoms with Crippen LogP contribution < -0.4 is 10.2 Å². The van der Waals surface area contributed by atoms with Gasteiger partial charge < -0.3 is 15.3 Å². The molecule has 0 bridgehead atoms. The number of aromatic nitrogens is 2. The molecule has 1 aromatic heterocycles. The van der Waals surface area contributed by atoms with Crippen molar-refractivity contribution in [2.24, 2.45) is 0 Å². The van der Waals surface area contributed by atoms with Crippen molar-refractivity contribution in [1.82, 2.24) is 9.97 Å². The first-order chi connectivity index (χ1) is 9.01. The maximum absolute atomic E-state index is 11.0. The van der Waals surface area contributed by atoms with Gasteiger partial charge in [0.05, 0.1) is 6.42 Å². The second-order valence-electron chi connectivity index (χ2n) is 5.32. The summed E-state index contributed by atoms with van der Waals surface area (Å²) in [5.41, 5.74) is -0.357. The Morgan fingerprint density at radius 1 is 1.47 bits per heavy atom. The highest BCUT2D eigenvalue weighted by atomic mass is 16.4. The smallest absolute Gasteiger partial charge is 0.305 e. The maximum atomic E-state index is 11.0. The van der Waals surface area contributed by atoms with Gasteiger partial charge >= 0.3 is 5.97 Å². The first kappa shape index (κ1) is 13.6. The molecule has 1 fully saturated rings. The van der Waals surface area contributed by atoms with E-state index in [2.05, 4.69) is 15.3 Å². The number of carbonyl (C=O) groups is 1. The molecule has 6 nitrogen and oxygen atoms in total. The fraction of sp³-hybridized carbons (Fsp3) is 0.615. The van der Waals surface area contributed by atoms with Crippen LogP contribution in [0.1, 0.15) is 32.1 Å². The van der Waals surface area contributed by atoms with Crippen LogP contribution in [-0.4, -0.2) is 40.7 Å². The molecule has 2 N–H and O–H groups in total. The van der Waals surface area contributed by atoms with E-state index < -0.39 is 5.97 Å². The number of anilines is 2. The average Bonchev–Trinajstić information content (AvgIpc) is 2.76. The molecule has 1 aliphatic carbocycles. The molecule has 0 radical (unpaired) electrons. The lowest BCUT2D eigenvalue weighted by Gasteiger charge is -2.29. The number of aliphatic carboxylic acids is 1. The van der Waals surface area contributed by atoms with E-state index in [4.69, 9.17) is 5.11 Å². The highest BCUT2D eigenvalue weighted by molar-refractivity contribution is 5.69. The lowest BCUT2D eigenvalue weighted by Crippen LogP contribution is -2.38. The minimum Gasteiger partial charge on any atom is -0.481 e. The number of carboxylic acids is 1. The van der Waals surface area contributed by atoms with Gasteiger partial charge in [0.1, 0.15) is 5.82 Å². The highest BCUT2D eigenvalue weighted by Gasteiger charge is 2.36. The Hall–Kier alpha value is -1.85. The van der Waals surface area contributed by atoms with E-state index in [0.717, 1.165) is 25.7 Å². The van der Waals surface area contributed by atoms with Gasteiger partial charge in [0, 0.05) is 25.8 Å². The van der Waals surface area contributed by atoms with Gasteiger partial charge in [-0.15, -0.1) is 0 Å². The molecule has 0 spiro atoms. The van der Waals surface area contributed by atoms with Crippen LogP contribution in [0.5, 0.6) is 0 Å². The molecule has 1 saturated carbocycles. The molecule has 0 aromatic carbocycles. The summed E-state index contributed by atoms with van der Waals surface area (Å²) in [6.45, 7) is 0. The maximum Gasteiger partial charge on any atom is 0.305 e. The Bertz CT molecular complexity index is 456. The Morgan fingerprint density at radius 3 is 2.74 bits per heavy atom. The van der Waals surface area contributed by atoms with Gasteiger partial charge in [0.15, 0.2) is 0 Å². The predicted octanol–water partition coefficient (Wildman–Crippen LogP) is 1.74. The van der Waals surface area contributed by atoms with Crippen LogP contribution in [0.15, 0.2) is 12.3 Å². The Balaban J connectivity index is 2.17. The normalized spacial score (nSPS) is 17.2. The van der Waals surface area contributed by atoms with Crippen molar-refractivity contribution < 1.29 is 9.90 Å². The fourth-order valence-electron chi connectivity index (χ4n) is 2.59. The summed E-state index contributed by atoms with van der Waals surface area (Å²) in [7, 11) is 3.75. The third-order valence-corrected chi connectivity index (χ3v) is 3.49. The van der Waals surface area contributed by atoms with Crippen LogP contribution >= 0.6 is 0 Å². The van der Waals surface area contributed by atoms with E-state index in [1.54, 1.807) is 12.3 Å². The van der Waals surface area contributed by atoms with Gasteiger partial charge in [-0.3, -0.25) is 4.79 Å². The van der Waals surface area contributed by atoms with Gasteiger partial charge in [0.2, 0.25) is 5.95 Å². The Kier molecular flexibility index (Phi) is 3.87. The van der Waals surface area contributed by atoms with Crippen molar-refractivity contribution in [1.29, 1.82) is 0 Å². The number of nitrogens with zero attached hydrogens (tertiary/aromatic N) is 3. The van der Waals surface area contributed by atoms with E-state index in [0.29, 0.717) is 11.8 Å². The lowest BCUT2D eigenvalue weighted by atomic mass is 9.93. The molecule has 0 atom stereocenters. The quantitative estimate of drug-likeness (QED) is 0.843. The summed E-state index contributed by atoms with van der Waals surface area (Å²) in [5, 5.41) is 12.4. The summed E-state index contributed by atoms with van der Waals surface area (Å²) >= 11 is 0. The van der Waals surface area contributed by atoms with Crippen molar-refractivity contribution in [3.63, 3.8) is 0 Å². The van der Waals surface area contributed by atoms with Crippen LogP contribution in [0.4, 0.5) is 11.8 Å². The molecular weight excluding hydrogens is 244 g/mol. The predicted molar refractivity (Wildman–Crippen MR) is 73.4 cm³/mol. The van der Waals surface area contributed by atoms with Crippen LogP contribution in [0.2, 0.25) is 0 Å². The minimum atomic E-state index is -0.767. The minimum absolute atomic E-state index is 0.133. The number of rotatable bonds is 5. The van der Waals surface area contributed by atoms with Gasteiger partial charge in [-0.2, -0.15) is 4.98 Å². The van der Waals surface area contributed by atoms with Gasteiger partial charge in [-0.05, 0) is 18.9 Å². The number of hydrogen-bond donors (Lipinski definition) is 2. The second kappa shape index (κ2) is 5.42. The second-order valence-corrected chi connectivity index (χ2v) is 5.32. The largest absolute Gasteiger partial charge is 0.481 e. The molecule has 19 heavy (non-hydrogen) atoms. The summed E-state index contributed by atoms with van der Waals surface area (Å²) in [6, 6.07) is 1.79. The molecular formula is C13H20N4O2. The zero-order valence-electron chi connectivity index (χ0n) is 11.4. The topological polar surface area (TPSA) is 78.4 Å². The monoisotopic (exact) mass is 264 g/mol. The number of nitrogens with one attached hydrogen (secondary N) is 1. The average molecular weight is 264 g/mol. The van der Waals surface area contributed by atoms with Crippen molar-refractivity contribution in [2.45, 2.75) is 37.6 Å².